The lowest BCUT2D eigenvalue weighted by atomic mass is 10.0. The van der Waals surface area contributed by atoms with Crippen LogP contribution in [0.2, 0.25) is 5.02 Å². The molecule has 0 radical (unpaired) electrons. The molecule has 0 aliphatic heterocycles. The van der Waals surface area contributed by atoms with E-state index in [1.54, 1.807) is 6.07 Å². The lowest BCUT2D eigenvalue weighted by Gasteiger charge is -2.18. The van der Waals surface area contributed by atoms with Gasteiger partial charge in [0.05, 0.1) is 29.2 Å². The molecule has 2 rings (SSSR count). The number of halogens is 2. The van der Waals surface area contributed by atoms with E-state index in [-0.39, 0.29) is 11.9 Å². The number of hydrogen-bond acceptors (Lipinski definition) is 2. The van der Waals surface area contributed by atoms with Crippen molar-refractivity contribution in [2.24, 2.45) is 0 Å². The molecule has 1 N–H and O–H groups in total. The molecule has 0 fully saturated rings. The monoisotopic (exact) mass is 274 g/mol. The molecule has 0 heterocycles. The summed E-state index contributed by atoms with van der Waals surface area (Å²) in [6.45, 7) is 0. The molecule has 0 aromatic heterocycles. The molecule has 1 atom stereocenters. The molecule has 0 saturated carbocycles. The van der Waals surface area contributed by atoms with Gasteiger partial charge in [0.1, 0.15) is 5.82 Å². The lowest BCUT2D eigenvalue weighted by molar-refractivity contribution is 0.628. The summed E-state index contributed by atoms with van der Waals surface area (Å²) in [7, 11) is 0. The van der Waals surface area contributed by atoms with Crippen LogP contribution in [0.4, 0.5) is 10.1 Å². The summed E-state index contributed by atoms with van der Waals surface area (Å²) in [6, 6.07) is 15.7. The number of anilines is 1. The molecule has 4 heteroatoms. The van der Waals surface area contributed by atoms with Crippen LogP contribution in [0.25, 0.3) is 0 Å². The fraction of sp³-hybridized carbons (Fsp3) is 0.133. The maximum absolute atomic E-state index is 13.0. The van der Waals surface area contributed by atoms with Gasteiger partial charge in [-0.15, -0.1) is 0 Å². The van der Waals surface area contributed by atoms with Crippen molar-refractivity contribution in [2.75, 3.05) is 5.32 Å². The van der Waals surface area contributed by atoms with E-state index in [2.05, 4.69) is 11.4 Å². The fourth-order valence-corrected chi connectivity index (χ4v) is 2.04. The zero-order chi connectivity index (χ0) is 13.7. The van der Waals surface area contributed by atoms with E-state index in [1.165, 1.54) is 12.1 Å². The van der Waals surface area contributed by atoms with Gasteiger partial charge in [0.2, 0.25) is 0 Å². The number of nitrogens with zero attached hydrogens (tertiary/aromatic N) is 1. The minimum absolute atomic E-state index is 0.172. The summed E-state index contributed by atoms with van der Waals surface area (Å²) in [5, 5.41) is 12.4. The van der Waals surface area contributed by atoms with Crippen molar-refractivity contribution in [3.63, 3.8) is 0 Å². The average molecular weight is 275 g/mol. The highest BCUT2D eigenvalue weighted by atomic mass is 35.5. The normalized spacial score (nSPS) is 11.6. The molecule has 96 valence electrons. The molecule has 0 saturated heterocycles. The van der Waals surface area contributed by atoms with Gasteiger partial charge in [-0.2, -0.15) is 5.26 Å². The van der Waals surface area contributed by atoms with E-state index < -0.39 is 0 Å². The van der Waals surface area contributed by atoms with Crippen LogP contribution >= 0.6 is 11.6 Å². The van der Waals surface area contributed by atoms with Crippen molar-refractivity contribution in [1.82, 2.24) is 0 Å². The summed E-state index contributed by atoms with van der Waals surface area (Å²) in [5.74, 6) is -0.382. The standard InChI is InChI=1S/C15H12ClFN2/c16-13-10-12(17)6-7-15(13)19-14(8-9-18)11-4-2-1-3-5-11/h1-7,10,14,19H,8H2. The quantitative estimate of drug-likeness (QED) is 0.888. The largest absolute Gasteiger partial charge is 0.376 e. The second-order valence-electron chi connectivity index (χ2n) is 4.09. The van der Waals surface area contributed by atoms with Crippen molar-refractivity contribution in [2.45, 2.75) is 12.5 Å². The Labute approximate surface area is 116 Å². The second-order valence-corrected chi connectivity index (χ2v) is 4.50. The molecule has 0 amide bonds. The molecule has 0 aliphatic rings. The molecule has 19 heavy (non-hydrogen) atoms. The van der Waals surface area contributed by atoms with Crippen molar-refractivity contribution in [3.8, 4) is 6.07 Å². The van der Waals surface area contributed by atoms with Crippen LogP contribution in [0, 0.1) is 17.1 Å². The van der Waals surface area contributed by atoms with Crippen molar-refractivity contribution < 1.29 is 4.39 Å². The van der Waals surface area contributed by atoms with Gasteiger partial charge < -0.3 is 5.32 Å². The molecule has 2 nitrogen and oxygen atoms in total. The number of nitriles is 1. The number of nitrogens with one attached hydrogen (secondary N) is 1. The topological polar surface area (TPSA) is 35.8 Å². The first kappa shape index (κ1) is 13.4. The zero-order valence-electron chi connectivity index (χ0n) is 10.1. The third-order valence-electron chi connectivity index (χ3n) is 2.76. The van der Waals surface area contributed by atoms with Crippen LogP contribution < -0.4 is 5.32 Å². The average Bonchev–Trinajstić information content (AvgIpc) is 2.42. The SMILES string of the molecule is N#CCC(Nc1ccc(F)cc1Cl)c1ccccc1. The fourth-order valence-electron chi connectivity index (χ4n) is 1.82. The highest BCUT2D eigenvalue weighted by Gasteiger charge is 2.12. The Bertz CT molecular complexity index is 593. The number of rotatable bonds is 4. The Morgan fingerprint density at radius 3 is 2.58 bits per heavy atom. The Morgan fingerprint density at radius 1 is 1.21 bits per heavy atom. The highest BCUT2D eigenvalue weighted by molar-refractivity contribution is 6.33. The highest BCUT2D eigenvalue weighted by Crippen LogP contribution is 2.28. The predicted octanol–water partition coefficient (Wildman–Crippen LogP) is 4.55. The van der Waals surface area contributed by atoms with Gasteiger partial charge in [0, 0.05) is 0 Å². The molecular weight excluding hydrogens is 263 g/mol. The Balaban J connectivity index is 2.24. The lowest BCUT2D eigenvalue weighted by Crippen LogP contribution is -2.10. The molecule has 0 spiro atoms. The maximum Gasteiger partial charge on any atom is 0.124 e. The van der Waals surface area contributed by atoms with Gasteiger partial charge in [0.15, 0.2) is 0 Å². The van der Waals surface area contributed by atoms with Crippen LogP contribution in [0.15, 0.2) is 48.5 Å². The van der Waals surface area contributed by atoms with Gasteiger partial charge in [-0.25, -0.2) is 4.39 Å². The zero-order valence-corrected chi connectivity index (χ0v) is 10.9. The molecule has 1 unspecified atom stereocenters. The van der Waals surface area contributed by atoms with E-state index in [0.717, 1.165) is 5.56 Å². The summed E-state index contributed by atoms with van der Waals surface area (Å²) < 4.78 is 13.0. The van der Waals surface area contributed by atoms with E-state index in [9.17, 15) is 4.39 Å². The maximum atomic E-state index is 13.0. The first-order valence-corrected chi connectivity index (χ1v) is 6.22. The molecule has 2 aromatic rings. The number of benzene rings is 2. The van der Waals surface area contributed by atoms with E-state index in [0.29, 0.717) is 17.1 Å². The molecular formula is C15H12ClFN2. The van der Waals surface area contributed by atoms with Gasteiger partial charge in [0.25, 0.3) is 0 Å². The Kier molecular flexibility index (Phi) is 4.38. The first-order chi connectivity index (χ1) is 9.20. The van der Waals surface area contributed by atoms with Crippen LogP contribution in [0.3, 0.4) is 0 Å². The summed E-state index contributed by atoms with van der Waals surface area (Å²) >= 11 is 5.98. The molecule has 0 aliphatic carbocycles. The van der Waals surface area contributed by atoms with E-state index in [1.807, 2.05) is 30.3 Å². The third-order valence-corrected chi connectivity index (χ3v) is 3.07. The third kappa shape index (κ3) is 3.46. The van der Waals surface area contributed by atoms with E-state index in [4.69, 9.17) is 16.9 Å². The summed E-state index contributed by atoms with van der Waals surface area (Å²) in [4.78, 5) is 0. The Hall–Kier alpha value is -2.05. The minimum Gasteiger partial charge on any atom is -0.376 e. The first-order valence-electron chi connectivity index (χ1n) is 5.84. The summed E-state index contributed by atoms with van der Waals surface area (Å²) in [5.41, 5.74) is 1.61. The predicted molar refractivity (Wildman–Crippen MR) is 74.4 cm³/mol. The molecule has 0 bridgehead atoms. The smallest absolute Gasteiger partial charge is 0.124 e. The minimum atomic E-state index is -0.382. The van der Waals surface area contributed by atoms with Crippen LogP contribution in [0.1, 0.15) is 18.0 Å². The van der Waals surface area contributed by atoms with Crippen LogP contribution in [-0.4, -0.2) is 0 Å². The van der Waals surface area contributed by atoms with Gasteiger partial charge in [-0.1, -0.05) is 41.9 Å². The van der Waals surface area contributed by atoms with Crippen molar-refractivity contribution in [3.05, 3.63) is 64.9 Å². The van der Waals surface area contributed by atoms with Gasteiger partial charge >= 0.3 is 0 Å². The van der Waals surface area contributed by atoms with Gasteiger partial charge in [-0.3, -0.25) is 0 Å². The molecule has 2 aromatic carbocycles. The second kappa shape index (κ2) is 6.21. The number of hydrogen-bond donors (Lipinski definition) is 1. The van der Waals surface area contributed by atoms with Crippen LogP contribution in [-0.2, 0) is 0 Å². The van der Waals surface area contributed by atoms with Crippen molar-refractivity contribution >= 4 is 17.3 Å². The Morgan fingerprint density at radius 2 is 1.95 bits per heavy atom. The summed E-state index contributed by atoms with van der Waals surface area (Å²) in [6.07, 6.45) is 0.303. The van der Waals surface area contributed by atoms with Crippen molar-refractivity contribution in [1.29, 1.82) is 5.26 Å². The van der Waals surface area contributed by atoms with Gasteiger partial charge in [-0.05, 0) is 23.8 Å². The van der Waals surface area contributed by atoms with E-state index >= 15 is 0 Å². The van der Waals surface area contributed by atoms with Crippen LogP contribution in [0.5, 0.6) is 0 Å².